The Bertz CT molecular complexity index is 1460. The molecule has 2 atom stereocenters. The Kier molecular flexibility index (Phi) is 7.20. The first-order chi connectivity index (χ1) is 19.2. The highest BCUT2D eigenvalue weighted by Crippen LogP contribution is 2.35. The zero-order chi connectivity index (χ0) is 26.6. The maximum absolute atomic E-state index is 12.8. The molecule has 0 aliphatic carbocycles. The number of likely N-dealkylation sites (tertiary alicyclic amines) is 1. The van der Waals surface area contributed by atoms with E-state index < -0.39 is 0 Å². The van der Waals surface area contributed by atoms with E-state index in [0.29, 0.717) is 48.2 Å². The van der Waals surface area contributed by atoms with E-state index in [1.165, 1.54) is 6.33 Å². The van der Waals surface area contributed by atoms with Gasteiger partial charge in [-0.3, -0.25) is 4.79 Å². The molecule has 10 heteroatoms. The predicted molar refractivity (Wildman–Crippen MR) is 148 cm³/mol. The molecular formula is C29H31N7O3. The van der Waals surface area contributed by atoms with Crippen LogP contribution in [0, 0.1) is 0 Å². The van der Waals surface area contributed by atoms with Crippen molar-refractivity contribution >= 4 is 22.8 Å². The van der Waals surface area contributed by atoms with Gasteiger partial charge in [0, 0.05) is 43.9 Å². The first-order valence-electron chi connectivity index (χ1n) is 13.2. The third-order valence-corrected chi connectivity index (χ3v) is 7.16. The number of hydrogen-bond acceptors (Lipinski definition) is 8. The Balaban J connectivity index is 1.18. The summed E-state index contributed by atoms with van der Waals surface area (Å²) in [5.41, 5.74) is 8.57. The van der Waals surface area contributed by atoms with E-state index in [-0.39, 0.29) is 11.9 Å². The molecule has 3 N–H and O–H groups in total. The van der Waals surface area contributed by atoms with Crippen molar-refractivity contribution in [1.82, 2.24) is 30.0 Å². The highest BCUT2D eigenvalue weighted by atomic mass is 16.5. The van der Waals surface area contributed by atoms with Gasteiger partial charge < -0.3 is 25.4 Å². The molecule has 1 amide bonds. The van der Waals surface area contributed by atoms with Crippen LogP contribution in [0.4, 0.5) is 5.82 Å². The molecule has 2 fully saturated rings. The molecule has 0 unspecified atom stereocenters. The van der Waals surface area contributed by atoms with E-state index in [9.17, 15) is 4.79 Å². The number of benzene rings is 2. The largest absolute Gasteiger partial charge is 0.457 e. The topological polar surface area (TPSA) is 120 Å². The van der Waals surface area contributed by atoms with Gasteiger partial charge in [-0.15, -0.1) is 0 Å². The van der Waals surface area contributed by atoms with E-state index in [0.717, 1.165) is 43.1 Å². The Hall–Kier alpha value is -4.28. The fraction of sp³-hybridized carbons (Fsp3) is 0.310. The van der Waals surface area contributed by atoms with Gasteiger partial charge in [-0.05, 0) is 49.2 Å². The van der Waals surface area contributed by atoms with Crippen LogP contribution in [0.2, 0.25) is 0 Å². The number of carbonyl (C=O) groups excluding carboxylic acids is 1. The highest BCUT2D eigenvalue weighted by molar-refractivity contribution is 5.98. The van der Waals surface area contributed by atoms with Gasteiger partial charge in [0.25, 0.3) is 0 Å². The van der Waals surface area contributed by atoms with Crippen LogP contribution >= 0.6 is 0 Å². The van der Waals surface area contributed by atoms with Crippen LogP contribution in [0.1, 0.15) is 18.9 Å². The van der Waals surface area contributed by atoms with Gasteiger partial charge in [-0.2, -0.15) is 5.10 Å². The summed E-state index contributed by atoms with van der Waals surface area (Å²) in [5, 5.41) is 9.04. The van der Waals surface area contributed by atoms with Gasteiger partial charge in [-0.25, -0.2) is 14.6 Å². The van der Waals surface area contributed by atoms with Crippen molar-refractivity contribution in [2.24, 2.45) is 0 Å². The fourth-order valence-corrected chi connectivity index (χ4v) is 5.09. The summed E-state index contributed by atoms with van der Waals surface area (Å²) in [6, 6.07) is 17.7. The molecule has 6 rings (SSSR count). The lowest BCUT2D eigenvalue weighted by Crippen LogP contribution is -2.30. The van der Waals surface area contributed by atoms with Crippen LogP contribution in [0.3, 0.4) is 0 Å². The quantitative estimate of drug-likeness (QED) is 0.335. The molecule has 2 aliphatic rings. The highest BCUT2D eigenvalue weighted by Gasteiger charge is 2.30. The summed E-state index contributed by atoms with van der Waals surface area (Å²) in [4.78, 5) is 23.4. The molecule has 4 aromatic rings. The molecule has 39 heavy (non-hydrogen) atoms. The number of nitrogens with two attached hydrogens (primary N) is 1. The van der Waals surface area contributed by atoms with E-state index in [4.69, 9.17) is 20.3 Å². The molecule has 10 nitrogen and oxygen atoms in total. The number of anilines is 1. The Morgan fingerprint density at radius 1 is 1.10 bits per heavy atom. The molecule has 2 aliphatic heterocycles. The summed E-state index contributed by atoms with van der Waals surface area (Å²) in [6.07, 6.45) is 6.78. The molecule has 0 spiro atoms. The minimum absolute atomic E-state index is 0.00167. The van der Waals surface area contributed by atoms with Crippen molar-refractivity contribution in [3.05, 3.63) is 73.1 Å². The number of hydrogen-bond donors (Lipinski definition) is 2. The first-order valence-corrected chi connectivity index (χ1v) is 13.2. The Morgan fingerprint density at radius 2 is 1.92 bits per heavy atom. The maximum atomic E-state index is 12.8. The van der Waals surface area contributed by atoms with Gasteiger partial charge in [0.15, 0.2) is 5.65 Å². The average molecular weight is 526 g/mol. The summed E-state index contributed by atoms with van der Waals surface area (Å²) in [7, 11) is 0. The Labute approximate surface area is 226 Å². The Morgan fingerprint density at radius 3 is 2.72 bits per heavy atom. The van der Waals surface area contributed by atoms with Gasteiger partial charge in [-0.1, -0.05) is 24.3 Å². The molecule has 4 heterocycles. The van der Waals surface area contributed by atoms with E-state index >= 15 is 0 Å². The van der Waals surface area contributed by atoms with Crippen LogP contribution in [0.15, 0.2) is 73.1 Å². The first kappa shape index (κ1) is 25.0. The monoisotopic (exact) mass is 525 g/mol. The summed E-state index contributed by atoms with van der Waals surface area (Å²) >= 11 is 0. The minimum Gasteiger partial charge on any atom is -0.457 e. The maximum Gasteiger partial charge on any atom is 0.246 e. The third kappa shape index (κ3) is 5.47. The van der Waals surface area contributed by atoms with Crippen molar-refractivity contribution in [2.45, 2.75) is 24.9 Å². The predicted octanol–water partition coefficient (Wildman–Crippen LogP) is 3.58. The van der Waals surface area contributed by atoms with Gasteiger partial charge in [0.1, 0.15) is 29.3 Å². The SMILES string of the molecule is Nc1ncnc2c1c(-c1ccc(Oc3ccccc3)cc1)nn2[C@@H]1CCN(C(=O)C=CCN[C@@H]2CCOC2)C1. The second-order valence-electron chi connectivity index (χ2n) is 9.79. The minimum atomic E-state index is -0.0117. The summed E-state index contributed by atoms with van der Waals surface area (Å²) < 4.78 is 13.2. The van der Waals surface area contributed by atoms with Gasteiger partial charge >= 0.3 is 0 Å². The lowest BCUT2D eigenvalue weighted by Gasteiger charge is -2.15. The van der Waals surface area contributed by atoms with Crippen molar-refractivity contribution in [2.75, 3.05) is 38.6 Å². The number of nitrogen functional groups attached to an aromatic ring is 1. The number of aromatic nitrogens is 4. The van der Waals surface area contributed by atoms with Crippen molar-refractivity contribution < 1.29 is 14.3 Å². The standard InChI is InChI=1S/C29H31N7O3/c30-28-26-27(20-8-10-24(11-9-20)39-23-5-2-1-3-6-23)34-36(29(26)33-19-32-28)22-12-15-35(17-22)25(37)7-4-14-31-21-13-16-38-18-21/h1-11,19,21-22,31H,12-18H2,(H2,30,32,33)/t21-,22-/m1/s1. The second-order valence-corrected chi connectivity index (χ2v) is 9.79. The normalized spacial score (nSPS) is 19.3. The lowest BCUT2D eigenvalue weighted by atomic mass is 10.1. The molecule has 0 radical (unpaired) electrons. The third-order valence-electron chi connectivity index (χ3n) is 7.16. The average Bonchev–Trinajstić information content (AvgIpc) is 3.73. The van der Waals surface area contributed by atoms with Crippen LogP contribution in [0.25, 0.3) is 22.3 Å². The number of fused-ring (bicyclic) bond motifs is 1. The second kappa shape index (κ2) is 11.2. The number of ether oxygens (including phenoxy) is 2. The molecule has 200 valence electrons. The summed E-state index contributed by atoms with van der Waals surface area (Å²) in [5.74, 6) is 1.87. The molecule has 0 saturated carbocycles. The zero-order valence-corrected chi connectivity index (χ0v) is 21.6. The van der Waals surface area contributed by atoms with E-state index in [2.05, 4.69) is 15.3 Å². The zero-order valence-electron chi connectivity index (χ0n) is 21.6. The van der Waals surface area contributed by atoms with Crippen molar-refractivity contribution in [3.63, 3.8) is 0 Å². The number of nitrogens with zero attached hydrogens (tertiary/aromatic N) is 5. The lowest BCUT2D eigenvalue weighted by molar-refractivity contribution is -0.125. The van der Waals surface area contributed by atoms with Crippen molar-refractivity contribution in [1.29, 1.82) is 0 Å². The smallest absolute Gasteiger partial charge is 0.246 e. The van der Waals surface area contributed by atoms with Crippen LogP contribution in [-0.2, 0) is 9.53 Å². The summed E-state index contributed by atoms with van der Waals surface area (Å²) in [6.45, 7) is 3.38. The van der Waals surface area contributed by atoms with E-state index in [1.54, 1.807) is 6.08 Å². The van der Waals surface area contributed by atoms with Crippen LogP contribution < -0.4 is 15.8 Å². The number of nitrogens with one attached hydrogen (secondary N) is 1. The number of carbonyl (C=O) groups is 1. The molecule has 2 saturated heterocycles. The number of rotatable bonds is 8. The van der Waals surface area contributed by atoms with E-state index in [1.807, 2.05) is 70.3 Å². The number of para-hydroxylation sites is 1. The fourth-order valence-electron chi connectivity index (χ4n) is 5.09. The van der Waals surface area contributed by atoms with Gasteiger partial charge in [0.05, 0.1) is 18.0 Å². The van der Waals surface area contributed by atoms with Gasteiger partial charge in [0.2, 0.25) is 5.91 Å². The molecule has 0 bridgehead atoms. The van der Waals surface area contributed by atoms with Crippen LogP contribution in [-0.4, -0.2) is 69.4 Å². The van der Waals surface area contributed by atoms with Crippen LogP contribution in [0.5, 0.6) is 11.5 Å². The molecule has 2 aromatic heterocycles. The van der Waals surface area contributed by atoms with Crippen molar-refractivity contribution in [3.8, 4) is 22.8 Å². The molecule has 2 aromatic carbocycles. The number of amides is 1. The molecular weight excluding hydrogens is 494 g/mol.